The Kier molecular flexibility index (Phi) is 108. The molecule has 0 bridgehead atoms. The van der Waals surface area contributed by atoms with Crippen molar-refractivity contribution in [3.63, 3.8) is 0 Å². The number of hydrogen-bond donors (Lipinski definition) is 0. The van der Waals surface area contributed by atoms with Gasteiger partial charge in [0.15, 0.2) is 0 Å². The molecule has 0 rings (SSSR count). The largest absolute Gasteiger partial charge is 3.00 e. The summed E-state index contributed by atoms with van der Waals surface area (Å²) in [6, 6.07) is 0. The molecule has 0 unspecified atom stereocenters. The van der Waals surface area contributed by atoms with Gasteiger partial charge in [0, 0.05) is 0 Å². The van der Waals surface area contributed by atoms with Gasteiger partial charge in [0.1, 0.15) is 0 Å². The molecule has 15 nitrogen and oxygen atoms in total. The van der Waals surface area contributed by atoms with Crippen LogP contribution < -0.4 is 0 Å². The Morgan fingerprint density at radius 2 is 0.500 bits per heavy atom. The van der Waals surface area contributed by atoms with Gasteiger partial charge in [-0.1, -0.05) is 0 Å². The van der Waals surface area contributed by atoms with E-state index in [0.717, 1.165) is 0 Å². The molecule has 0 fully saturated rings. The van der Waals surface area contributed by atoms with Gasteiger partial charge in [-0.05, 0) is 0 Å². The number of hydrogen-bond acceptors (Lipinski definition) is 9. The van der Waals surface area contributed by atoms with E-state index in [2.05, 4.69) is 0 Å². The smallest absolute Gasteiger partial charge is 0.412 e. The van der Waals surface area contributed by atoms with Crippen LogP contribution in [0, 0.1) is 83.7 Å². The molecule has 0 aliphatic rings. The van der Waals surface area contributed by atoms with Crippen LogP contribution in [0.1, 0.15) is 0 Å². The van der Waals surface area contributed by atoms with Crippen molar-refractivity contribution in [2.45, 2.75) is 0 Å². The van der Waals surface area contributed by atoms with E-state index >= 15 is 0 Å². The van der Waals surface area contributed by atoms with Gasteiger partial charge in [-0.15, -0.1) is 0 Å². The third kappa shape index (κ3) is 1110. The van der Waals surface area contributed by atoms with E-state index in [-0.39, 0.29) is 54.2 Å². The molecule has 0 spiro atoms. The molecule has 0 atom stereocenters. The molecule has 0 aromatic heterocycles. The van der Waals surface area contributed by atoms with Crippen molar-refractivity contribution in [3.8, 4) is 0 Å². The summed E-state index contributed by atoms with van der Waals surface area (Å²) >= 11 is 0. The van der Waals surface area contributed by atoms with E-state index < -0.39 is 15.3 Å². The van der Waals surface area contributed by atoms with E-state index in [4.69, 9.17) is 46.0 Å². The molecule has 0 aromatic rings. The minimum Gasteiger partial charge on any atom is -0.412 e. The van der Waals surface area contributed by atoms with E-state index in [1.807, 2.05) is 0 Å². The molecule has 6 N–H and O–H groups in total. The molecule has 0 saturated carbocycles. The Hall–Kier alpha value is -1.26. The zero-order valence-electron chi connectivity index (χ0n) is 6.82. The number of rotatable bonds is 0. The van der Waals surface area contributed by atoms with Crippen LogP contribution >= 0.6 is 0 Å². The van der Waals surface area contributed by atoms with E-state index in [0.29, 0.717) is 0 Å². The molecular weight excluding hydrogens is 399 g/mol. The molecule has 0 amide bonds. The first-order valence-electron chi connectivity index (χ1n) is 1.64. The van der Waals surface area contributed by atoms with Crippen LogP contribution in [0.5, 0.6) is 0 Å². The summed E-state index contributed by atoms with van der Waals surface area (Å²) in [7, 11) is 0. The molecule has 0 aliphatic heterocycles. The summed E-state index contributed by atoms with van der Waals surface area (Å²) in [4.78, 5) is 24.8. The fourth-order valence-electron chi connectivity index (χ4n) is 0. The molecule has 16 heavy (non-hydrogen) atoms. The van der Waals surface area contributed by atoms with Crippen LogP contribution in [0.25, 0.3) is 0 Å². The normalized spacial score (nSPS) is 4.50. The van der Waals surface area contributed by atoms with Gasteiger partial charge in [-0.3, -0.25) is 0 Å². The maximum absolute atomic E-state index is 8.25. The third-order valence-electron chi connectivity index (χ3n) is 0. The van der Waals surface area contributed by atoms with Gasteiger partial charge in [-0.25, -0.2) is 0 Å². The van der Waals surface area contributed by atoms with E-state index in [1.54, 1.807) is 0 Å². The zero-order valence-corrected chi connectivity index (χ0v) is 8.75. The second-order valence-corrected chi connectivity index (χ2v) is 0.671. The second kappa shape index (κ2) is 37.2. The average Bonchev–Trinajstić information content (AvgIpc) is 1.54. The van der Waals surface area contributed by atoms with Crippen LogP contribution in [0.4, 0.5) is 0 Å². The van der Waals surface area contributed by atoms with E-state index in [1.165, 1.54) is 0 Å². The van der Waals surface area contributed by atoms with Gasteiger partial charge in [0.05, 0.1) is 15.3 Å². The SMILES string of the molecule is O.O.O.O=[N+]([O-])[O-].O=[N+]([O-])[O-].O=[N+]([O-])[O-].[Ho+3]. The van der Waals surface area contributed by atoms with Gasteiger partial charge >= 0.3 is 37.7 Å². The second-order valence-electron chi connectivity index (χ2n) is 0.671. The minimum absolute atomic E-state index is 0. The van der Waals surface area contributed by atoms with Crippen molar-refractivity contribution >= 4 is 0 Å². The molecule has 0 radical (unpaired) electrons. The summed E-state index contributed by atoms with van der Waals surface area (Å²) in [5, 5.41) is 44.2. The first kappa shape index (κ1) is 46.5. The molecular formula is H6HoN3O12. The fourth-order valence-corrected chi connectivity index (χ4v) is 0. The first-order chi connectivity index (χ1) is 5.20. The van der Waals surface area contributed by atoms with Crippen LogP contribution in [-0.2, 0) is 0 Å². The van der Waals surface area contributed by atoms with Gasteiger partial charge in [0.2, 0.25) is 0 Å². The Labute approximate surface area is 115 Å². The standard InChI is InChI=1S/Ho.3NO3.3H2O/c;3*2-1(3)4;;;/h;;;;3*1H2/q+3;3*-1;;;. The quantitative estimate of drug-likeness (QED) is 0.222. The average molecular weight is 405 g/mol. The summed E-state index contributed by atoms with van der Waals surface area (Å²) in [5.41, 5.74) is 0. The maximum Gasteiger partial charge on any atom is 3.00 e. The van der Waals surface area contributed by atoms with Crippen molar-refractivity contribution in [1.82, 2.24) is 0 Å². The summed E-state index contributed by atoms with van der Waals surface area (Å²) in [6.45, 7) is 0. The topological polar surface area (TPSA) is 293 Å². The van der Waals surface area contributed by atoms with Crippen molar-refractivity contribution in [3.05, 3.63) is 46.0 Å². The molecule has 0 aromatic carbocycles. The third-order valence-corrected chi connectivity index (χ3v) is 0. The molecule has 0 saturated heterocycles. The van der Waals surface area contributed by atoms with Crippen molar-refractivity contribution in [2.24, 2.45) is 0 Å². The predicted octanol–water partition coefficient (Wildman–Crippen LogP) is -3.19. The van der Waals surface area contributed by atoms with Gasteiger partial charge in [0.25, 0.3) is 0 Å². The first-order valence-corrected chi connectivity index (χ1v) is 1.64. The fraction of sp³-hybridized carbons (Fsp3) is 0. The molecule has 104 valence electrons. The molecule has 0 heterocycles. The van der Waals surface area contributed by atoms with Crippen LogP contribution in [0.15, 0.2) is 0 Å². The van der Waals surface area contributed by atoms with Crippen LogP contribution in [0.3, 0.4) is 0 Å². The van der Waals surface area contributed by atoms with Crippen LogP contribution in [-0.4, -0.2) is 31.7 Å². The monoisotopic (exact) mass is 405 g/mol. The summed E-state index contributed by atoms with van der Waals surface area (Å²) in [6.07, 6.45) is 0. The minimum atomic E-state index is -1.75. The van der Waals surface area contributed by atoms with Gasteiger partial charge in [-0.2, -0.15) is 0 Å². The Morgan fingerprint density at radius 1 is 0.500 bits per heavy atom. The zero-order chi connectivity index (χ0) is 10.7. The molecule has 16 heteroatoms. The Bertz CT molecular complexity index is 114. The Balaban J connectivity index is -0.0000000135. The predicted molar refractivity (Wildman–Crippen MR) is 41.9 cm³/mol. The Morgan fingerprint density at radius 3 is 0.500 bits per heavy atom. The summed E-state index contributed by atoms with van der Waals surface area (Å²) in [5.74, 6) is 0. The van der Waals surface area contributed by atoms with Crippen molar-refractivity contribution in [1.29, 1.82) is 0 Å². The maximum atomic E-state index is 8.25. The number of nitrogens with zero attached hydrogens (tertiary/aromatic N) is 3. The van der Waals surface area contributed by atoms with Crippen molar-refractivity contribution < 1.29 is 69.4 Å². The van der Waals surface area contributed by atoms with Crippen LogP contribution in [0.2, 0.25) is 0 Å². The van der Waals surface area contributed by atoms with Crippen molar-refractivity contribution in [2.75, 3.05) is 0 Å². The van der Waals surface area contributed by atoms with E-state index in [9.17, 15) is 0 Å². The molecule has 0 aliphatic carbocycles. The summed E-state index contributed by atoms with van der Waals surface area (Å²) < 4.78 is 0. The van der Waals surface area contributed by atoms with Gasteiger partial charge < -0.3 is 62.4 Å².